The zero-order valence-electron chi connectivity index (χ0n) is 31.2. The van der Waals surface area contributed by atoms with Gasteiger partial charge in [-0.3, -0.25) is 0 Å². The largest absolute Gasteiger partial charge is 0.0619 e. The molecule has 0 N–H and O–H groups in total. The third kappa shape index (κ3) is 4.26. The molecule has 0 aliphatic heterocycles. The van der Waals surface area contributed by atoms with Crippen LogP contribution in [0, 0.1) is 0 Å². The van der Waals surface area contributed by atoms with E-state index in [1.54, 1.807) is 0 Å². The average Bonchev–Trinajstić information content (AvgIpc) is 3.59. The predicted octanol–water partition coefficient (Wildman–Crippen LogP) is 14.8. The Kier molecular flexibility index (Phi) is 6.46. The molecule has 0 unspecified atom stereocenters. The van der Waals surface area contributed by atoms with Gasteiger partial charge in [-0.15, -0.1) is 0 Å². The van der Waals surface area contributed by atoms with Gasteiger partial charge in [0.15, 0.2) is 0 Å². The molecule has 0 bridgehead atoms. The van der Waals surface area contributed by atoms with Crippen molar-refractivity contribution >= 4 is 32.3 Å². The molecule has 2 aliphatic rings. The third-order valence-corrected chi connectivity index (χ3v) is 12.8. The lowest BCUT2D eigenvalue weighted by Gasteiger charge is -2.24. The predicted molar refractivity (Wildman–Crippen MR) is 230 cm³/mol. The van der Waals surface area contributed by atoms with E-state index >= 15 is 0 Å². The van der Waals surface area contributed by atoms with Gasteiger partial charge in [-0.25, -0.2) is 0 Å². The molecule has 11 rings (SSSR count). The van der Waals surface area contributed by atoms with E-state index in [2.05, 4.69) is 198 Å². The Bertz CT molecular complexity index is 2990. The topological polar surface area (TPSA) is 0 Å². The number of hydrogen-bond donors (Lipinski definition) is 0. The molecule has 0 nitrogen and oxygen atoms in total. The molecule has 2 aliphatic carbocycles. The second-order valence-electron chi connectivity index (χ2n) is 16.4. The summed E-state index contributed by atoms with van der Waals surface area (Å²) in [5.41, 5.74) is 18.5. The van der Waals surface area contributed by atoms with Crippen LogP contribution in [-0.2, 0) is 10.8 Å². The maximum atomic E-state index is 2.47. The smallest absolute Gasteiger partial charge is 0.0165 e. The molecular weight excluding hydrogens is 649 g/mol. The molecule has 0 heteroatoms. The van der Waals surface area contributed by atoms with Crippen LogP contribution in [0.1, 0.15) is 49.9 Å². The first-order valence-electron chi connectivity index (χ1n) is 19.3. The van der Waals surface area contributed by atoms with Gasteiger partial charge >= 0.3 is 0 Å². The van der Waals surface area contributed by atoms with Gasteiger partial charge in [0.25, 0.3) is 0 Å². The molecule has 0 atom stereocenters. The number of hydrogen-bond acceptors (Lipinski definition) is 0. The summed E-state index contributed by atoms with van der Waals surface area (Å²) >= 11 is 0. The summed E-state index contributed by atoms with van der Waals surface area (Å²) in [6, 6.07) is 64.0. The summed E-state index contributed by atoms with van der Waals surface area (Å²) in [5.74, 6) is 0. The summed E-state index contributed by atoms with van der Waals surface area (Å²) < 4.78 is 0. The van der Waals surface area contributed by atoms with Crippen molar-refractivity contribution in [2.24, 2.45) is 0 Å². The van der Waals surface area contributed by atoms with Crippen molar-refractivity contribution in [3.05, 3.63) is 192 Å². The summed E-state index contributed by atoms with van der Waals surface area (Å²) in [5, 5.41) is 7.80. The Morgan fingerprint density at radius 2 is 0.759 bits per heavy atom. The number of fused-ring (bicyclic) bond motifs is 10. The lowest BCUT2D eigenvalue weighted by Crippen LogP contribution is -2.15. The Morgan fingerprint density at radius 3 is 1.46 bits per heavy atom. The minimum atomic E-state index is -0.100. The van der Waals surface area contributed by atoms with Gasteiger partial charge in [-0.05, 0) is 128 Å². The first-order valence-corrected chi connectivity index (χ1v) is 19.3. The summed E-state index contributed by atoms with van der Waals surface area (Å²) in [6.45, 7) is 9.53. The first kappa shape index (κ1) is 31.3. The summed E-state index contributed by atoms with van der Waals surface area (Å²) in [7, 11) is 0. The molecular formula is C54H40. The second-order valence-corrected chi connectivity index (χ2v) is 16.4. The molecule has 9 aromatic carbocycles. The Hall–Kier alpha value is -6.24. The van der Waals surface area contributed by atoms with Crippen molar-refractivity contribution in [3.8, 4) is 55.6 Å². The van der Waals surface area contributed by atoms with Crippen molar-refractivity contribution in [1.29, 1.82) is 0 Å². The monoisotopic (exact) mass is 688 g/mol. The van der Waals surface area contributed by atoms with Gasteiger partial charge in [0.05, 0.1) is 0 Å². The molecule has 0 radical (unpaired) electrons. The van der Waals surface area contributed by atoms with Crippen LogP contribution < -0.4 is 0 Å². The van der Waals surface area contributed by atoms with E-state index in [1.165, 1.54) is 110 Å². The maximum Gasteiger partial charge on any atom is 0.0165 e. The van der Waals surface area contributed by atoms with Crippen LogP contribution in [0.25, 0.3) is 88.0 Å². The van der Waals surface area contributed by atoms with Crippen LogP contribution in [-0.4, -0.2) is 0 Å². The van der Waals surface area contributed by atoms with Gasteiger partial charge in [0.1, 0.15) is 0 Å². The zero-order valence-corrected chi connectivity index (χ0v) is 31.2. The molecule has 9 aromatic rings. The fourth-order valence-corrected chi connectivity index (χ4v) is 10.2. The van der Waals surface area contributed by atoms with Crippen LogP contribution in [0.3, 0.4) is 0 Å². The van der Waals surface area contributed by atoms with Gasteiger partial charge in [-0.1, -0.05) is 179 Å². The van der Waals surface area contributed by atoms with E-state index in [4.69, 9.17) is 0 Å². The van der Waals surface area contributed by atoms with E-state index in [-0.39, 0.29) is 10.8 Å². The van der Waals surface area contributed by atoms with Gasteiger partial charge in [-0.2, -0.15) is 0 Å². The SMILES string of the molecule is CC1(C)c2ccccc2-c2ccc(-c3c4ccccc4c(-c4cccc(-c5ccc6c(c5)C(C)(C)c5c-6ccc6ccccc56)c4)c4ccccc34)cc21. The Labute approximate surface area is 317 Å². The molecule has 0 aromatic heterocycles. The van der Waals surface area contributed by atoms with Crippen LogP contribution >= 0.6 is 0 Å². The van der Waals surface area contributed by atoms with Crippen molar-refractivity contribution in [2.75, 3.05) is 0 Å². The molecule has 54 heavy (non-hydrogen) atoms. The fourth-order valence-electron chi connectivity index (χ4n) is 10.2. The average molecular weight is 689 g/mol. The lowest BCUT2D eigenvalue weighted by molar-refractivity contribution is 0.660. The Balaban J connectivity index is 1.07. The molecule has 0 fully saturated rings. The molecule has 0 amide bonds. The van der Waals surface area contributed by atoms with E-state index in [0.717, 1.165) is 0 Å². The first-order chi connectivity index (χ1) is 26.3. The van der Waals surface area contributed by atoms with E-state index in [0.29, 0.717) is 0 Å². The second kappa shape index (κ2) is 11.1. The molecule has 0 saturated carbocycles. The van der Waals surface area contributed by atoms with Crippen LogP contribution in [0.15, 0.2) is 170 Å². The fraction of sp³-hybridized carbons (Fsp3) is 0.111. The molecule has 0 saturated heterocycles. The highest BCUT2D eigenvalue weighted by Gasteiger charge is 2.37. The Morgan fingerprint density at radius 1 is 0.296 bits per heavy atom. The normalized spacial score (nSPS) is 14.6. The van der Waals surface area contributed by atoms with E-state index in [1.807, 2.05) is 0 Å². The minimum absolute atomic E-state index is 0.0583. The quantitative estimate of drug-likeness (QED) is 0.162. The summed E-state index contributed by atoms with van der Waals surface area (Å²) in [4.78, 5) is 0. The van der Waals surface area contributed by atoms with Crippen LogP contribution in [0.4, 0.5) is 0 Å². The number of benzene rings is 9. The molecule has 0 spiro atoms. The highest BCUT2D eigenvalue weighted by Crippen LogP contribution is 2.53. The van der Waals surface area contributed by atoms with Gasteiger partial charge < -0.3 is 0 Å². The minimum Gasteiger partial charge on any atom is -0.0619 e. The van der Waals surface area contributed by atoms with Gasteiger partial charge in [0, 0.05) is 10.8 Å². The van der Waals surface area contributed by atoms with Crippen LogP contribution in [0.2, 0.25) is 0 Å². The molecule has 0 heterocycles. The van der Waals surface area contributed by atoms with Crippen molar-refractivity contribution < 1.29 is 0 Å². The summed E-state index contributed by atoms with van der Waals surface area (Å²) in [6.07, 6.45) is 0. The third-order valence-electron chi connectivity index (χ3n) is 12.8. The standard InChI is InChI=1S/C54H40/c1-53(2)47-23-12-11-18-39(47)40-28-26-37(32-48(40)53)51-44-21-9-7-19-42(44)50(43-20-8-10-22-45(43)51)36-16-13-15-34(30-36)35-25-27-41-46-29-24-33-14-5-6-17-38(33)52(46)54(3,4)49(41)31-35/h5-32H,1-4H3. The van der Waals surface area contributed by atoms with Crippen molar-refractivity contribution in [3.63, 3.8) is 0 Å². The van der Waals surface area contributed by atoms with Gasteiger partial charge in [0.2, 0.25) is 0 Å². The maximum absolute atomic E-state index is 2.47. The zero-order chi connectivity index (χ0) is 36.3. The van der Waals surface area contributed by atoms with E-state index in [9.17, 15) is 0 Å². The highest BCUT2D eigenvalue weighted by atomic mass is 14.4. The highest BCUT2D eigenvalue weighted by molar-refractivity contribution is 6.21. The van der Waals surface area contributed by atoms with Crippen molar-refractivity contribution in [2.45, 2.75) is 38.5 Å². The van der Waals surface area contributed by atoms with Crippen molar-refractivity contribution in [1.82, 2.24) is 0 Å². The lowest BCUT2D eigenvalue weighted by atomic mass is 9.79. The van der Waals surface area contributed by atoms with Crippen LogP contribution in [0.5, 0.6) is 0 Å². The molecule has 256 valence electrons. The van der Waals surface area contributed by atoms with E-state index < -0.39 is 0 Å². The number of rotatable bonds is 3.